The lowest BCUT2D eigenvalue weighted by Gasteiger charge is -2.31. The zero-order valence-electron chi connectivity index (χ0n) is 20.9. The highest BCUT2D eigenvalue weighted by atomic mass is 127. The summed E-state index contributed by atoms with van der Waals surface area (Å²) in [5.74, 6) is -3.39. The average molecular weight is 914 g/mol. The van der Waals surface area contributed by atoms with Crippen LogP contribution in [-0.2, 0) is 18.3 Å². The predicted molar refractivity (Wildman–Crippen MR) is 153 cm³/mol. The predicted octanol–water partition coefficient (Wildman–Crippen LogP) is 9.81. The van der Waals surface area contributed by atoms with E-state index in [1.54, 1.807) is 12.1 Å². The van der Waals surface area contributed by atoms with E-state index in [0.717, 1.165) is 45.7 Å². The van der Waals surface area contributed by atoms with Gasteiger partial charge in [0.05, 0.1) is 22.4 Å². The third kappa shape index (κ3) is 6.96. The number of amides is 1. The van der Waals surface area contributed by atoms with Crippen LogP contribution in [0, 0.1) is 13.0 Å². The fraction of sp³-hybridized carbons (Fsp3) is 0.231. The molecular weight excluding hydrogens is 901 g/mol. The number of hydrogen-bond acceptors (Lipinski definition) is 2. The molecular formula is C26H13BrF11I2NO2. The van der Waals surface area contributed by atoms with Crippen molar-refractivity contribution in [2.45, 2.75) is 30.6 Å². The maximum atomic E-state index is 15.5. The largest absolute Gasteiger partial charge is 0.435 e. The van der Waals surface area contributed by atoms with Gasteiger partial charge in [-0.1, -0.05) is 22.0 Å². The van der Waals surface area contributed by atoms with Gasteiger partial charge in [-0.05, 0) is 93.2 Å². The van der Waals surface area contributed by atoms with Crippen LogP contribution in [0.2, 0.25) is 0 Å². The van der Waals surface area contributed by atoms with Crippen molar-refractivity contribution >= 4 is 78.5 Å². The summed E-state index contributed by atoms with van der Waals surface area (Å²) in [6, 6.07) is 6.90. The molecule has 0 unspecified atom stereocenters. The van der Waals surface area contributed by atoms with Crippen molar-refractivity contribution in [3.8, 4) is 0 Å². The Bertz CT molecular complexity index is 1570. The summed E-state index contributed by atoms with van der Waals surface area (Å²) in [5.41, 5.74) is -12.9. The quantitative estimate of drug-likeness (QED) is 0.140. The van der Waals surface area contributed by atoms with E-state index in [2.05, 4.69) is 15.9 Å². The minimum Gasteiger partial charge on any atom is -0.309 e. The zero-order valence-corrected chi connectivity index (χ0v) is 26.8. The molecule has 3 aromatic carbocycles. The monoisotopic (exact) mass is 913 g/mol. The molecule has 0 bridgehead atoms. The molecule has 0 fully saturated rings. The van der Waals surface area contributed by atoms with Crippen molar-refractivity contribution in [3.63, 3.8) is 0 Å². The Hall–Kier alpha value is -2.03. The Morgan fingerprint density at radius 2 is 1.40 bits per heavy atom. The number of halogens is 14. The Kier molecular flexibility index (Phi) is 10.2. The first-order chi connectivity index (χ1) is 19.5. The normalized spacial score (nSPS) is 12.8. The van der Waals surface area contributed by atoms with Gasteiger partial charge in [0.2, 0.25) is 0 Å². The molecule has 0 aliphatic rings. The van der Waals surface area contributed by atoms with Gasteiger partial charge in [-0.15, -0.1) is 0 Å². The maximum absolute atomic E-state index is 15.5. The second kappa shape index (κ2) is 12.4. The van der Waals surface area contributed by atoms with Gasteiger partial charge in [-0.2, -0.15) is 39.5 Å². The molecule has 0 saturated heterocycles. The van der Waals surface area contributed by atoms with E-state index in [1.165, 1.54) is 13.1 Å². The van der Waals surface area contributed by atoms with E-state index < -0.39 is 85.7 Å². The van der Waals surface area contributed by atoms with Crippen LogP contribution in [0.15, 0.2) is 53.0 Å². The molecule has 3 aromatic rings. The van der Waals surface area contributed by atoms with Crippen molar-refractivity contribution in [1.29, 1.82) is 0 Å². The molecule has 0 spiro atoms. The third-order valence-corrected chi connectivity index (χ3v) is 8.47. The van der Waals surface area contributed by atoms with E-state index in [-0.39, 0.29) is 11.6 Å². The summed E-state index contributed by atoms with van der Waals surface area (Å²) in [6.07, 6.45) is -20.3. The van der Waals surface area contributed by atoms with Crippen molar-refractivity contribution in [1.82, 2.24) is 0 Å². The molecule has 0 saturated carbocycles. The zero-order chi connectivity index (χ0) is 32.9. The van der Waals surface area contributed by atoms with Crippen molar-refractivity contribution in [2.24, 2.45) is 0 Å². The number of hydrogen-bond donors (Lipinski definition) is 0. The lowest BCUT2D eigenvalue weighted by molar-refractivity contribution is -0.348. The van der Waals surface area contributed by atoms with E-state index in [0.29, 0.717) is 8.04 Å². The maximum Gasteiger partial charge on any atom is 0.435 e. The second-order valence-electron chi connectivity index (χ2n) is 8.86. The van der Waals surface area contributed by atoms with Crippen LogP contribution in [0.1, 0.15) is 37.4 Å². The summed E-state index contributed by atoms with van der Waals surface area (Å²) in [4.78, 5) is 26.9. The lowest BCUT2D eigenvalue weighted by atomic mass is 9.89. The van der Waals surface area contributed by atoms with Crippen LogP contribution in [0.3, 0.4) is 0 Å². The second-order valence-corrected chi connectivity index (χ2v) is 12.1. The molecule has 0 aromatic heterocycles. The van der Waals surface area contributed by atoms with Gasteiger partial charge in [0.25, 0.3) is 5.91 Å². The molecule has 0 N–H and O–H groups in total. The van der Waals surface area contributed by atoms with E-state index >= 15 is 4.39 Å². The van der Waals surface area contributed by atoms with Crippen LogP contribution < -0.4 is 4.90 Å². The molecule has 17 heteroatoms. The summed E-state index contributed by atoms with van der Waals surface area (Å²) >= 11 is 6.02. The Labute approximate surface area is 271 Å². The summed E-state index contributed by atoms with van der Waals surface area (Å²) in [5, 5.41) is 0. The van der Waals surface area contributed by atoms with Crippen molar-refractivity contribution in [3.05, 3.63) is 93.8 Å². The van der Waals surface area contributed by atoms with Crippen LogP contribution in [0.25, 0.3) is 0 Å². The Morgan fingerprint density at radius 3 is 1.91 bits per heavy atom. The van der Waals surface area contributed by atoms with Crippen LogP contribution >= 0.6 is 61.1 Å². The molecule has 0 atom stereocenters. The number of alkyl halides is 10. The third-order valence-electron chi connectivity index (χ3n) is 6.12. The topological polar surface area (TPSA) is 37.4 Å². The number of Topliss-reactive ketones (excluding diaryl/α,β-unsaturated/α-hetero) is 1. The number of benzene rings is 3. The van der Waals surface area contributed by atoms with Crippen molar-refractivity contribution in [2.75, 3.05) is 11.9 Å². The lowest BCUT2D eigenvalue weighted by Crippen LogP contribution is -2.50. The first-order valence-corrected chi connectivity index (χ1v) is 14.2. The van der Waals surface area contributed by atoms with Gasteiger partial charge in [-0.25, -0.2) is 8.78 Å². The minimum atomic E-state index is -6.68. The number of rotatable bonds is 6. The Balaban J connectivity index is 2.08. The van der Waals surface area contributed by atoms with Crippen LogP contribution in [-0.4, -0.2) is 31.1 Å². The highest BCUT2D eigenvalue weighted by molar-refractivity contribution is 14.1. The number of carbonyl (C=O) groups excluding carboxylic acids is 2. The molecule has 232 valence electrons. The van der Waals surface area contributed by atoms with E-state index in [1.807, 2.05) is 22.6 Å². The van der Waals surface area contributed by atoms with Gasteiger partial charge in [0.1, 0.15) is 0 Å². The van der Waals surface area contributed by atoms with Gasteiger partial charge in [0.15, 0.2) is 11.6 Å². The molecule has 43 heavy (non-hydrogen) atoms. The summed E-state index contributed by atoms with van der Waals surface area (Å²) < 4.78 is 151. The number of anilines is 1. The average Bonchev–Trinajstić information content (AvgIpc) is 2.86. The smallest absolute Gasteiger partial charge is 0.309 e. The van der Waals surface area contributed by atoms with E-state index in [4.69, 9.17) is 0 Å². The molecule has 1 amide bonds. The van der Waals surface area contributed by atoms with Gasteiger partial charge >= 0.3 is 24.2 Å². The van der Waals surface area contributed by atoms with Gasteiger partial charge < -0.3 is 4.90 Å². The first-order valence-electron chi connectivity index (χ1n) is 11.3. The number of carbonyl (C=O) groups is 2. The number of ketones is 1. The standard InChI is InChI=1S/C26H13BrF11I2NO2/c1-41(22(43)13-6-5-12(27)9-18(13)40)19-4-2-3-14(21(19)28)20(42)10-15-16(24(30,31)32)7-11(8-17(15)39)23(29,25(33,34)35)26(36,37)38/h2-9H,10H2,1H3. The molecule has 3 rings (SSSR count). The molecule has 0 heterocycles. The SMILES string of the molecule is CN(C(=O)c1ccc(Br)cc1I)c1cccc(C(=O)Cc2c(I)cc(C(F)(C(F)(F)F)C(F)(F)F)cc2C(F)(F)F)c1F. The molecule has 0 radical (unpaired) electrons. The van der Waals surface area contributed by atoms with Crippen molar-refractivity contribution < 1.29 is 57.9 Å². The first kappa shape index (κ1) is 35.4. The molecule has 3 nitrogen and oxygen atoms in total. The molecule has 0 aliphatic carbocycles. The number of nitrogens with zero attached hydrogens (tertiary/aromatic N) is 1. The molecule has 0 aliphatic heterocycles. The van der Waals surface area contributed by atoms with E-state index in [9.17, 15) is 53.5 Å². The highest BCUT2D eigenvalue weighted by Gasteiger charge is 2.73. The highest BCUT2D eigenvalue weighted by Crippen LogP contribution is 2.54. The summed E-state index contributed by atoms with van der Waals surface area (Å²) in [7, 11) is 1.17. The van der Waals surface area contributed by atoms with Crippen LogP contribution in [0.5, 0.6) is 0 Å². The summed E-state index contributed by atoms with van der Waals surface area (Å²) in [6.45, 7) is 0. The van der Waals surface area contributed by atoms with Gasteiger partial charge in [-0.3, -0.25) is 9.59 Å². The Morgan fingerprint density at radius 1 is 0.814 bits per heavy atom. The minimum absolute atomic E-state index is 0.0988. The van der Waals surface area contributed by atoms with Gasteiger partial charge in [0, 0.05) is 30.6 Å². The van der Waals surface area contributed by atoms with Crippen LogP contribution in [0.4, 0.5) is 54.0 Å². The fourth-order valence-corrected chi connectivity index (χ4v) is 6.31. The fourth-order valence-electron chi connectivity index (χ4n) is 3.96.